The molecule has 10 nitrogen and oxygen atoms in total. The number of aromatic amines is 1. The van der Waals surface area contributed by atoms with Crippen molar-refractivity contribution in [3.8, 4) is 0 Å². The molecule has 1 aliphatic carbocycles. The van der Waals surface area contributed by atoms with Crippen LogP contribution in [0.1, 0.15) is 31.7 Å². The molecule has 3 aromatic rings. The molecule has 4 rings (SSSR count). The summed E-state index contributed by atoms with van der Waals surface area (Å²) < 4.78 is 8.33. The second-order valence-electron chi connectivity index (χ2n) is 6.16. The van der Waals surface area contributed by atoms with Gasteiger partial charge in [0.2, 0.25) is 5.95 Å². The lowest BCUT2D eigenvalue weighted by molar-refractivity contribution is 0.0665. The van der Waals surface area contributed by atoms with E-state index in [1.54, 1.807) is 4.57 Å². The highest BCUT2D eigenvalue weighted by molar-refractivity contribution is 6.33. The monoisotopic (exact) mass is 377 g/mol. The number of carbonyl (C=O) groups is 1. The zero-order valence-electron chi connectivity index (χ0n) is 13.6. The number of fused-ring (bicyclic) bond motifs is 1. The number of hydrogen-bond donors (Lipinski definition) is 2. The first-order valence-electron chi connectivity index (χ1n) is 8.15. The molecule has 26 heavy (non-hydrogen) atoms. The number of hydrogen-bond acceptors (Lipinski definition) is 7. The molecule has 0 saturated heterocycles. The largest absolute Gasteiger partial charge is 0.446 e. The molecule has 1 fully saturated rings. The number of ether oxygens (including phenoxy) is 1. The smallest absolute Gasteiger partial charge is 0.419 e. The highest BCUT2D eigenvalue weighted by atomic mass is 35.5. The summed E-state index contributed by atoms with van der Waals surface area (Å²) in [7, 11) is 0. The molecule has 0 spiro atoms. The number of imidazole rings is 2. The highest BCUT2D eigenvalue weighted by Crippen LogP contribution is 2.31. The Bertz CT molecular complexity index is 1000. The molecule has 0 radical (unpaired) electrons. The van der Waals surface area contributed by atoms with Crippen LogP contribution in [0.2, 0.25) is 5.15 Å². The molecule has 1 saturated carbocycles. The van der Waals surface area contributed by atoms with Gasteiger partial charge < -0.3 is 15.5 Å². The molecule has 136 valence electrons. The molecule has 0 aliphatic heterocycles. The van der Waals surface area contributed by atoms with E-state index in [0.29, 0.717) is 36.8 Å². The first kappa shape index (κ1) is 16.6. The molecule has 0 bridgehead atoms. The SMILES string of the molecule is Nc1nc(Cl)c2[nH]c(=O)n(C3CCC(OC(=O)n4ccnc4)CC3)c2n1. The van der Waals surface area contributed by atoms with Crippen molar-refractivity contribution in [2.45, 2.75) is 37.8 Å². The van der Waals surface area contributed by atoms with Crippen molar-refractivity contribution < 1.29 is 9.53 Å². The number of aromatic nitrogens is 6. The molecular weight excluding hydrogens is 362 g/mol. The maximum atomic E-state index is 12.4. The van der Waals surface area contributed by atoms with Crippen LogP contribution in [0.5, 0.6) is 0 Å². The topological polar surface area (TPSA) is 134 Å². The van der Waals surface area contributed by atoms with Crippen LogP contribution in [0.15, 0.2) is 23.5 Å². The fourth-order valence-corrected chi connectivity index (χ4v) is 3.53. The number of nitrogens with two attached hydrogens (primary N) is 1. The Kier molecular flexibility index (Phi) is 4.11. The number of rotatable bonds is 2. The van der Waals surface area contributed by atoms with Crippen molar-refractivity contribution in [2.24, 2.45) is 0 Å². The van der Waals surface area contributed by atoms with Crippen LogP contribution in [-0.4, -0.2) is 41.3 Å². The first-order chi connectivity index (χ1) is 12.5. The van der Waals surface area contributed by atoms with Crippen LogP contribution in [-0.2, 0) is 4.74 Å². The number of nitrogens with one attached hydrogen (secondary N) is 1. The van der Waals surface area contributed by atoms with E-state index in [4.69, 9.17) is 22.1 Å². The lowest BCUT2D eigenvalue weighted by atomic mass is 9.93. The van der Waals surface area contributed by atoms with E-state index in [-0.39, 0.29) is 28.9 Å². The summed E-state index contributed by atoms with van der Waals surface area (Å²) in [5.74, 6) is 0.0122. The van der Waals surface area contributed by atoms with E-state index in [0.717, 1.165) is 0 Å². The normalized spacial score (nSPS) is 20.3. The van der Waals surface area contributed by atoms with Crippen molar-refractivity contribution in [3.05, 3.63) is 34.4 Å². The fourth-order valence-electron chi connectivity index (χ4n) is 3.31. The number of halogens is 1. The van der Waals surface area contributed by atoms with Crippen LogP contribution in [0, 0.1) is 0 Å². The molecule has 0 atom stereocenters. The number of nitrogen functional groups attached to an aromatic ring is 1. The summed E-state index contributed by atoms with van der Waals surface area (Å²) in [4.78, 5) is 38.9. The maximum Gasteiger partial charge on any atom is 0.419 e. The van der Waals surface area contributed by atoms with Gasteiger partial charge in [0, 0.05) is 18.4 Å². The minimum absolute atomic E-state index is 0.0122. The third-order valence-electron chi connectivity index (χ3n) is 4.53. The van der Waals surface area contributed by atoms with Gasteiger partial charge >= 0.3 is 11.8 Å². The van der Waals surface area contributed by atoms with E-state index in [1.807, 2.05) is 0 Å². The van der Waals surface area contributed by atoms with Gasteiger partial charge in [-0.15, -0.1) is 0 Å². The first-order valence-corrected chi connectivity index (χ1v) is 8.53. The lowest BCUT2D eigenvalue weighted by Crippen LogP contribution is -2.30. The van der Waals surface area contributed by atoms with Crippen LogP contribution in [0.25, 0.3) is 11.2 Å². The number of nitrogens with zero attached hydrogens (tertiary/aromatic N) is 5. The summed E-state index contributed by atoms with van der Waals surface area (Å²) in [6.07, 6.45) is 6.39. The van der Waals surface area contributed by atoms with Gasteiger partial charge in [-0.3, -0.25) is 4.57 Å². The van der Waals surface area contributed by atoms with Crippen molar-refractivity contribution in [1.82, 2.24) is 29.1 Å². The summed E-state index contributed by atoms with van der Waals surface area (Å²) in [5, 5.41) is 0.117. The zero-order valence-corrected chi connectivity index (χ0v) is 14.4. The second kappa shape index (κ2) is 6.45. The van der Waals surface area contributed by atoms with Crippen molar-refractivity contribution in [3.63, 3.8) is 0 Å². The standard InChI is InChI=1S/C15H16ClN7O3/c16-11-10-12(21-13(17)20-11)23(14(24)19-10)8-1-3-9(4-2-8)26-15(25)22-6-5-18-7-22/h5-9H,1-4H2,(H,19,24)(H2,17,20,21). The van der Waals surface area contributed by atoms with Gasteiger partial charge in [-0.05, 0) is 25.7 Å². The number of H-pyrrole nitrogens is 1. The Morgan fingerprint density at radius 3 is 2.77 bits per heavy atom. The van der Waals surface area contributed by atoms with E-state index in [2.05, 4.69) is 19.9 Å². The van der Waals surface area contributed by atoms with Gasteiger partial charge in [-0.2, -0.15) is 9.97 Å². The van der Waals surface area contributed by atoms with Gasteiger partial charge in [0.25, 0.3) is 0 Å². The molecule has 3 N–H and O–H groups in total. The van der Waals surface area contributed by atoms with Crippen LogP contribution in [0.3, 0.4) is 0 Å². The van der Waals surface area contributed by atoms with Crippen molar-refractivity contribution in [2.75, 3.05) is 5.73 Å². The Balaban J connectivity index is 1.50. The number of carbonyl (C=O) groups excluding carboxylic acids is 1. The Labute approximate surface area is 152 Å². The zero-order chi connectivity index (χ0) is 18.3. The Morgan fingerprint density at radius 2 is 2.08 bits per heavy atom. The summed E-state index contributed by atoms with van der Waals surface area (Å²) in [6.45, 7) is 0. The van der Waals surface area contributed by atoms with Crippen LogP contribution >= 0.6 is 11.6 Å². The third kappa shape index (κ3) is 2.92. The van der Waals surface area contributed by atoms with Gasteiger partial charge in [0.15, 0.2) is 10.8 Å². The van der Waals surface area contributed by atoms with E-state index >= 15 is 0 Å². The third-order valence-corrected chi connectivity index (χ3v) is 4.81. The molecule has 3 aromatic heterocycles. The quantitative estimate of drug-likeness (QED) is 0.649. The molecule has 11 heteroatoms. The highest BCUT2D eigenvalue weighted by Gasteiger charge is 2.28. The summed E-state index contributed by atoms with van der Waals surface area (Å²) >= 11 is 6.04. The average Bonchev–Trinajstić information content (AvgIpc) is 3.24. The molecule has 0 unspecified atom stereocenters. The van der Waals surface area contributed by atoms with E-state index in [9.17, 15) is 9.59 Å². The Hall–Kier alpha value is -2.88. The van der Waals surface area contributed by atoms with E-state index in [1.165, 1.54) is 23.3 Å². The maximum absolute atomic E-state index is 12.4. The minimum Gasteiger partial charge on any atom is -0.446 e. The summed E-state index contributed by atoms with van der Waals surface area (Å²) in [6, 6.07) is -0.0789. The van der Waals surface area contributed by atoms with Crippen molar-refractivity contribution in [1.29, 1.82) is 0 Å². The molecule has 1 aliphatic rings. The lowest BCUT2D eigenvalue weighted by Gasteiger charge is -2.28. The van der Waals surface area contributed by atoms with E-state index < -0.39 is 6.09 Å². The average molecular weight is 378 g/mol. The molecular formula is C15H16ClN7O3. The second-order valence-corrected chi connectivity index (χ2v) is 6.51. The van der Waals surface area contributed by atoms with Crippen molar-refractivity contribution >= 4 is 34.8 Å². The fraction of sp³-hybridized carbons (Fsp3) is 0.400. The predicted molar refractivity (Wildman–Crippen MR) is 93.0 cm³/mol. The van der Waals surface area contributed by atoms with Crippen LogP contribution < -0.4 is 11.4 Å². The van der Waals surface area contributed by atoms with Crippen LogP contribution in [0.4, 0.5) is 10.7 Å². The van der Waals surface area contributed by atoms with Gasteiger partial charge in [0.05, 0.1) is 0 Å². The van der Waals surface area contributed by atoms with Gasteiger partial charge in [0.1, 0.15) is 17.9 Å². The van der Waals surface area contributed by atoms with Gasteiger partial charge in [-0.25, -0.2) is 19.1 Å². The minimum atomic E-state index is -0.456. The van der Waals surface area contributed by atoms with Gasteiger partial charge in [-0.1, -0.05) is 11.6 Å². The molecule has 0 amide bonds. The molecule has 3 heterocycles. The number of anilines is 1. The molecule has 0 aromatic carbocycles. The predicted octanol–water partition coefficient (Wildman–Crippen LogP) is 1.72. The summed E-state index contributed by atoms with van der Waals surface area (Å²) in [5.41, 5.74) is 6.12. The Morgan fingerprint density at radius 1 is 1.31 bits per heavy atom.